The van der Waals surface area contributed by atoms with E-state index in [1.54, 1.807) is 18.2 Å². The average molecular weight is 296 g/mol. The van der Waals surface area contributed by atoms with Crippen molar-refractivity contribution in [1.82, 2.24) is 0 Å². The van der Waals surface area contributed by atoms with Crippen LogP contribution in [0.25, 0.3) is 0 Å². The summed E-state index contributed by atoms with van der Waals surface area (Å²) >= 11 is 11.9. The van der Waals surface area contributed by atoms with E-state index in [-0.39, 0.29) is 11.8 Å². The van der Waals surface area contributed by atoms with Crippen molar-refractivity contribution in [3.05, 3.63) is 28.2 Å². The number of anilines is 1. The van der Waals surface area contributed by atoms with E-state index in [1.807, 2.05) is 0 Å². The Hall–Kier alpha value is -0.730. The van der Waals surface area contributed by atoms with Gasteiger partial charge in [-0.1, -0.05) is 23.2 Å². The van der Waals surface area contributed by atoms with Crippen LogP contribution in [0.4, 0.5) is 5.69 Å². The molecule has 19 heavy (non-hydrogen) atoms. The largest absolute Gasteiger partial charge is 0.325 e. The normalized spacial score (nSPS) is 38.1. The summed E-state index contributed by atoms with van der Waals surface area (Å²) in [6.07, 6.45) is 4.02. The minimum absolute atomic E-state index is 0.149. The molecule has 3 fully saturated rings. The molecule has 4 heteroatoms. The van der Waals surface area contributed by atoms with E-state index in [0.717, 1.165) is 11.8 Å². The molecular weight excluding hydrogens is 281 g/mol. The number of halogens is 2. The molecule has 2 bridgehead atoms. The zero-order valence-corrected chi connectivity index (χ0v) is 11.9. The first-order valence-electron chi connectivity index (χ1n) is 6.91. The van der Waals surface area contributed by atoms with E-state index in [9.17, 15) is 4.79 Å². The zero-order chi connectivity index (χ0) is 13.1. The highest BCUT2D eigenvalue weighted by Gasteiger charge is 2.67. The van der Waals surface area contributed by atoms with Gasteiger partial charge in [-0.3, -0.25) is 4.79 Å². The molecule has 1 N–H and O–H groups in total. The monoisotopic (exact) mass is 295 g/mol. The number of hydrogen-bond acceptors (Lipinski definition) is 1. The lowest BCUT2D eigenvalue weighted by Crippen LogP contribution is -2.18. The standard InChI is InChI=1S/C15H15Cl2NO/c16-9-3-4-11(10(17)6-9)18-15(19)14-12-7-1-2-8(5-7)13(12)14/h3-4,6-8,12-14H,1-2,5H2,(H,18,19). The minimum Gasteiger partial charge on any atom is -0.325 e. The van der Waals surface area contributed by atoms with Crippen LogP contribution in [-0.4, -0.2) is 5.91 Å². The second-order valence-corrected chi connectivity index (χ2v) is 6.97. The maximum Gasteiger partial charge on any atom is 0.228 e. The fraction of sp³-hybridized carbons (Fsp3) is 0.533. The Morgan fingerprint density at radius 3 is 2.47 bits per heavy atom. The van der Waals surface area contributed by atoms with Crippen LogP contribution < -0.4 is 5.32 Å². The highest BCUT2D eigenvalue weighted by molar-refractivity contribution is 6.36. The molecule has 4 unspecified atom stereocenters. The fourth-order valence-electron chi connectivity index (χ4n) is 4.48. The van der Waals surface area contributed by atoms with Crippen LogP contribution in [0.1, 0.15) is 19.3 Å². The van der Waals surface area contributed by atoms with E-state index < -0.39 is 0 Å². The second kappa shape index (κ2) is 4.13. The molecule has 0 aromatic heterocycles. The smallest absolute Gasteiger partial charge is 0.228 e. The Morgan fingerprint density at radius 1 is 1.16 bits per heavy atom. The lowest BCUT2D eigenvalue weighted by atomic mass is 10.0. The van der Waals surface area contributed by atoms with Crippen molar-refractivity contribution >= 4 is 34.8 Å². The minimum atomic E-state index is 0.149. The van der Waals surface area contributed by atoms with Crippen molar-refractivity contribution in [2.24, 2.45) is 29.6 Å². The van der Waals surface area contributed by atoms with Crippen LogP contribution in [0.2, 0.25) is 10.0 Å². The van der Waals surface area contributed by atoms with Crippen molar-refractivity contribution in [3.8, 4) is 0 Å². The lowest BCUT2D eigenvalue weighted by molar-refractivity contribution is -0.118. The third-order valence-electron chi connectivity index (χ3n) is 5.23. The molecule has 3 aliphatic carbocycles. The maximum absolute atomic E-state index is 12.3. The quantitative estimate of drug-likeness (QED) is 0.869. The van der Waals surface area contributed by atoms with Gasteiger partial charge in [0.05, 0.1) is 10.7 Å². The SMILES string of the molecule is O=C(Nc1ccc(Cl)cc1Cl)C1C2C3CCC(C3)C12. The van der Waals surface area contributed by atoms with Gasteiger partial charge in [-0.05, 0) is 61.1 Å². The molecule has 1 aromatic rings. The zero-order valence-electron chi connectivity index (χ0n) is 10.4. The Labute approximate surface area is 122 Å². The number of nitrogens with one attached hydrogen (secondary N) is 1. The third-order valence-corrected chi connectivity index (χ3v) is 5.77. The molecule has 1 amide bonds. The predicted octanol–water partition coefficient (Wildman–Crippen LogP) is 4.22. The Morgan fingerprint density at radius 2 is 1.84 bits per heavy atom. The van der Waals surface area contributed by atoms with Gasteiger partial charge in [0, 0.05) is 10.9 Å². The lowest BCUT2D eigenvalue weighted by Gasteiger charge is -2.10. The van der Waals surface area contributed by atoms with E-state index >= 15 is 0 Å². The first-order valence-corrected chi connectivity index (χ1v) is 7.66. The highest BCUT2D eigenvalue weighted by Crippen LogP contribution is 2.69. The van der Waals surface area contributed by atoms with Gasteiger partial charge < -0.3 is 5.32 Å². The first kappa shape index (κ1) is 12.0. The number of amides is 1. The number of carbonyl (C=O) groups is 1. The number of rotatable bonds is 2. The van der Waals surface area contributed by atoms with Gasteiger partial charge in [0.25, 0.3) is 0 Å². The third kappa shape index (κ3) is 1.80. The fourth-order valence-corrected chi connectivity index (χ4v) is 4.94. The van der Waals surface area contributed by atoms with E-state index in [0.29, 0.717) is 27.6 Å². The molecule has 1 aromatic carbocycles. The highest BCUT2D eigenvalue weighted by atomic mass is 35.5. The van der Waals surface area contributed by atoms with Gasteiger partial charge in [0.1, 0.15) is 0 Å². The summed E-state index contributed by atoms with van der Waals surface area (Å²) in [6, 6.07) is 5.19. The van der Waals surface area contributed by atoms with Gasteiger partial charge in [-0.2, -0.15) is 0 Å². The first-order chi connectivity index (χ1) is 9.15. The Balaban J connectivity index is 1.48. The van der Waals surface area contributed by atoms with Gasteiger partial charge in [-0.25, -0.2) is 0 Å². The molecule has 0 heterocycles. The summed E-state index contributed by atoms with van der Waals surface area (Å²) in [5.74, 6) is 3.32. The molecule has 100 valence electrons. The van der Waals surface area contributed by atoms with Gasteiger partial charge in [0.15, 0.2) is 0 Å². The van der Waals surface area contributed by atoms with E-state index in [1.165, 1.54) is 19.3 Å². The second-order valence-electron chi connectivity index (χ2n) is 6.13. The molecule has 4 atom stereocenters. The molecule has 0 aliphatic heterocycles. The Bertz CT molecular complexity index is 543. The van der Waals surface area contributed by atoms with Crippen LogP contribution in [0.3, 0.4) is 0 Å². The average Bonchev–Trinajstić information content (AvgIpc) is 2.82. The summed E-state index contributed by atoms with van der Waals surface area (Å²) in [5, 5.41) is 4.06. The number of hydrogen-bond donors (Lipinski definition) is 1. The van der Waals surface area contributed by atoms with Gasteiger partial charge in [-0.15, -0.1) is 0 Å². The number of carbonyl (C=O) groups excluding carboxylic acids is 1. The molecular formula is C15H15Cl2NO. The van der Waals surface area contributed by atoms with Crippen molar-refractivity contribution < 1.29 is 4.79 Å². The van der Waals surface area contributed by atoms with Crippen molar-refractivity contribution in [3.63, 3.8) is 0 Å². The Kier molecular flexibility index (Phi) is 2.62. The summed E-state index contributed by atoms with van der Waals surface area (Å²) in [6.45, 7) is 0. The molecule has 0 radical (unpaired) electrons. The molecule has 2 nitrogen and oxygen atoms in total. The van der Waals surface area contributed by atoms with Crippen LogP contribution in [0.5, 0.6) is 0 Å². The van der Waals surface area contributed by atoms with Crippen molar-refractivity contribution in [1.29, 1.82) is 0 Å². The van der Waals surface area contributed by atoms with E-state index in [2.05, 4.69) is 5.32 Å². The summed E-state index contributed by atoms with van der Waals surface area (Å²) in [7, 11) is 0. The van der Waals surface area contributed by atoms with E-state index in [4.69, 9.17) is 23.2 Å². The van der Waals surface area contributed by atoms with Crippen LogP contribution in [0, 0.1) is 29.6 Å². The number of benzene rings is 1. The predicted molar refractivity (Wildman–Crippen MR) is 76.4 cm³/mol. The molecule has 3 aliphatic rings. The van der Waals surface area contributed by atoms with Crippen molar-refractivity contribution in [2.45, 2.75) is 19.3 Å². The van der Waals surface area contributed by atoms with Gasteiger partial charge in [0.2, 0.25) is 5.91 Å². The van der Waals surface area contributed by atoms with Gasteiger partial charge >= 0.3 is 0 Å². The summed E-state index contributed by atoms with van der Waals surface area (Å²) in [4.78, 5) is 12.3. The van der Waals surface area contributed by atoms with Crippen LogP contribution >= 0.6 is 23.2 Å². The van der Waals surface area contributed by atoms with Crippen LogP contribution in [-0.2, 0) is 4.79 Å². The molecule has 3 saturated carbocycles. The van der Waals surface area contributed by atoms with Crippen LogP contribution in [0.15, 0.2) is 18.2 Å². The topological polar surface area (TPSA) is 29.1 Å². The van der Waals surface area contributed by atoms with Crippen molar-refractivity contribution in [2.75, 3.05) is 5.32 Å². The summed E-state index contributed by atoms with van der Waals surface area (Å²) in [5.41, 5.74) is 0.674. The molecule has 4 rings (SSSR count). The molecule has 0 saturated heterocycles. The number of fused-ring (bicyclic) bond motifs is 5. The summed E-state index contributed by atoms with van der Waals surface area (Å²) < 4.78 is 0. The molecule has 0 spiro atoms. The maximum atomic E-state index is 12.3.